The minimum absolute atomic E-state index is 0.144. The van der Waals surface area contributed by atoms with Gasteiger partial charge >= 0.3 is 0 Å². The third-order valence-electron chi connectivity index (χ3n) is 1.80. The van der Waals surface area contributed by atoms with E-state index in [4.69, 9.17) is 0 Å². The molecule has 3 nitrogen and oxygen atoms in total. The van der Waals surface area contributed by atoms with Crippen molar-refractivity contribution >= 4 is 5.91 Å². The van der Waals surface area contributed by atoms with Crippen molar-refractivity contribution in [2.24, 2.45) is 0 Å². The second-order valence-corrected chi connectivity index (χ2v) is 2.69. The highest BCUT2D eigenvalue weighted by molar-refractivity contribution is 5.93. The van der Waals surface area contributed by atoms with Gasteiger partial charge in [0.15, 0.2) is 0 Å². The smallest absolute Gasteiger partial charge is 0.255 e. The molecule has 1 rings (SSSR count). The number of carbonyl (C=O) groups is 1. The minimum Gasteiger partial charge on any atom is -0.342 e. The number of hydrogen-bond donors (Lipinski definition) is 0. The average molecular weight is 182 g/mol. The van der Waals surface area contributed by atoms with Gasteiger partial charge in [0.1, 0.15) is 0 Å². The molecule has 1 heterocycles. The second-order valence-electron chi connectivity index (χ2n) is 2.69. The Morgan fingerprint density at radius 3 is 2.77 bits per heavy atom. The third kappa shape index (κ3) is 2.24. The topological polar surface area (TPSA) is 33.2 Å². The summed E-state index contributed by atoms with van der Waals surface area (Å²) in [6.45, 7) is 2.49. The predicted octanol–water partition coefficient (Wildman–Crippen LogP) is 1.31. The molecule has 0 aliphatic carbocycles. The fraction of sp³-hybridized carbons (Fsp3) is 0.333. The number of pyridine rings is 1. The van der Waals surface area contributed by atoms with Gasteiger partial charge in [0.2, 0.25) is 5.95 Å². The zero-order chi connectivity index (χ0) is 9.84. The van der Waals surface area contributed by atoms with Crippen molar-refractivity contribution in [1.29, 1.82) is 0 Å². The molecule has 70 valence electrons. The van der Waals surface area contributed by atoms with Crippen LogP contribution < -0.4 is 0 Å². The summed E-state index contributed by atoms with van der Waals surface area (Å²) in [6.07, 6.45) is 1.24. The Hall–Kier alpha value is -1.45. The Bertz CT molecular complexity index is 297. The van der Waals surface area contributed by atoms with Gasteiger partial charge in [-0.2, -0.15) is 4.39 Å². The summed E-state index contributed by atoms with van der Waals surface area (Å²) >= 11 is 0. The first-order chi connectivity index (χ1) is 6.15. The van der Waals surface area contributed by atoms with E-state index in [1.54, 1.807) is 7.05 Å². The Morgan fingerprint density at radius 2 is 2.31 bits per heavy atom. The van der Waals surface area contributed by atoms with Crippen molar-refractivity contribution in [1.82, 2.24) is 9.88 Å². The van der Waals surface area contributed by atoms with E-state index in [2.05, 4.69) is 4.98 Å². The van der Waals surface area contributed by atoms with Gasteiger partial charge in [-0.15, -0.1) is 0 Å². The van der Waals surface area contributed by atoms with Gasteiger partial charge in [-0.3, -0.25) is 4.79 Å². The molecule has 0 saturated heterocycles. The number of rotatable bonds is 2. The van der Waals surface area contributed by atoms with Gasteiger partial charge in [-0.25, -0.2) is 4.98 Å². The molecule has 1 amide bonds. The summed E-state index contributed by atoms with van der Waals surface area (Å²) in [7, 11) is 1.69. The monoisotopic (exact) mass is 182 g/mol. The van der Waals surface area contributed by atoms with Crippen LogP contribution in [0.3, 0.4) is 0 Å². The molecule has 0 aliphatic heterocycles. The van der Waals surface area contributed by atoms with Crippen molar-refractivity contribution < 1.29 is 9.18 Å². The van der Waals surface area contributed by atoms with Crippen LogP contribution in [0.4, 0.5) is 4.39 Å². The molecule has 0 unspecified atom stereocenters. The molecule has 0 bridgehead atoms. The molecule has 1 aromatic rings. The standard InChI is InChI=1S/C9H11FN2O/c1-3-12(2)9(13)7-4-5-8(10)11-6-7/h4-6H,3H2,1-2H3. The van der Waals surface area contributed by atoms with Gasteiger partial charge in [0.05, 0.1) is 5.56 Å². The zero-order valence-electron chi connectivity index (χ0n) is 7.62. The van der Waals surface area contributed by atoms with Crippen LogP contribution in [0.25, 0.3) is 0 Å². The summed E-state index contributed by atoms with van der Waals surface area (Å²) < 4.78 is 12.4. The molecule has 0 fully saturated rings. The highest BCUT2D eigenvalue weighted by Crippen LogP contribution is 2.02. The molecular formula is C9H11FN2O. The lowest BCUT2D eigenvalue weighted by Gasteiger charge is -2.13. The van der Waals surface area contributed by atoms with E-state index in [0.717, 1.165) is 0 Å². The normalized spacial score (nSPS) is 9.77. The summed E-state index contributed by atoms with van der Waals surface area (Å²) in [5, 5.41) is 0. The van der Waals surface area contributed by atoms with Gasteiger partial charge in [-0.1, -0.05) is 0 Å². The summed E-state index contributed by atoms with van der Waals surface area (Å²) in [4.78, 5) is 16.4. The molecule has 0 spiro atoms. The van der Waals surface area contributed by atoms with Gasteiger partial charge < -0.3 is 4.90 Å². The number of hydrogen-bond acceptors (Lipinski definition) is 2. The molecule has 0 aliphatic rings. The number of halogens is 1. The molecule has 0 N–H and O–H groups in total. The van der Waals surface area contributed by atoms with Crippen LogP contribution >= 0.6 is 0 Å². The second kappa shape index (κ2) is 3.98. The van der Waals surface area contributed by atoms with Crippen LogP contribution in [0, 0.1) is 5.95 Å². The maximum atomic E-state index is 12.4. The van der Waals surface area contributed by atoms with E-state index in [-0.39, 0.29) is 5.91 Å². The van der Waals surface area contributed by atoms with Crippen molar-refractivity contribution in [2.75, 3.05) is 13.6 Å². The van der Waals surface area contributed by atoms with Gasteiger partial charge in [0.25, 0.3) is 5.91 Å². The fourth-order valence-corrected chi connectivity index (χ4v) is 0.866. The Labute approximate surface area is 76.2 Å². The fourth-order valence-electron chi connectivity index (χ4n) is 0.866. The Kier molecular flexibility index (Phi) is 2.95. The largest absolute Gasteiger partial charge is 0.342 e. The van der Waals surface area contributed by atoms with E-state index >= 15 is 0 Å². The Morgan fingerprint density at radius 1 is 1.62 bits per heavy atom. The summed E-state index contributed by atoms with van der Waals surface area (Å²) in [6, 6.07) is 2.60. The van der Waals surface area contributed by atoms with E-state index in [1.807, 2.05) is 6.92 Å². The van der Waals surface area contributed by atoms with Gasteiger partial charge in [-0.05, 0) is 19.1 Å². The lowest BCUT2D eigenvalue weighted by atomic mass is 10.2. The summed E-state index contributed by atoms with van der Waals surface area (Å²) in [5.74, 6) is -0.717. The van der Waals surface area contributed by atoms with Crippen LogP contribution in [0.5, 0.6) is 0 Å². The van der Waals surface area contributed by atoms with Crippen LogP contribution in [0.2, 0.25) is 0 Å². The molecule has 0 radical (unpaired) electrons. The maximum absolute atomic E-state index is 12.4. The van der Waals surface area contributed by atoms with Gasteiger partial charge in [0, 0.05) is 19.8 Å². The number of carbonyl (C=O) groups excluding carboxylic acids is 1. The molecule has 0 aromatic carbocycles. The lowest BCUT2D eigenvalue weighted by Crippen LogP contribution is -2.26. The molecule has 0 atom stereocenters. The van der Waals surface area contributed by atoms with Crippen LogP contribution in [-0.4, -0.2) is 29.4 Å². The van der Waals surface area contributed by atoms with Crippen molar-refractivity contribution in [3.63, 3.8) is 0 Å². The lowest BCUT2D eigenvalue weighted by molar-refractivity contribution is 0.0802. The van der Waals surface area contributed by atoms with Crippen molar-refractivity contribution in [3.8, 4) is 0 Å². The first-order valence-electron chi connectivity index (χ1n) is 4.02. The van der Waals surface area contributed by atoms with E-state index in [1.165, 1.54) is 23.2 Å². The minimum atomic E-state index is -0.573. The van der Waals surface area contributed by atoms with E-state index in [0.29, 0.717) is 12.1 Å². The van der Waals surface area contributed by atoms with Crippen LogP contribution in [0.15, 0.2) is 18.3 Å². The summed E-state index contributed by atoms with van der Waals surface area (Å²) in [5.41, 5.74) is 0.408. The highest BCUT2D eigenvalue weighted by Gasteiger charge is 2.09. The third-order valence-corrected chi connectivity index (χ3v) is 1.80. The molecule has 13 heavy (non-hydrogen) atoms. The highest BCUT2D eigenvalue weighted by atomic mass is 19.1. The number of nitrogens with zero attached hydrogens (tertiary/aromatic N) is 2. The average Bonchev–Trinajstić information content (AvgIpc) is 2.17. The molecule has 1 aromatic heterocycles. The predicted molar refractivity (Wildman–Crippen MR) is 46.8 cm³/mol. The zero-order valence-corrected chi connectivity index (χ0v) is 7.62. The van der Waals surface area contributed by atoms with E-state index < -0.39 is 5.95 Å². The molecular weight excluding hydrogens is 171 g/mol. The quantitative estimate of drug-likeness (QED) is 0.646. The SMILES string of the molecule is CCN(C)C(=O)c1ccc(F)nc1. The first kappa shape index (κ1) is 9.64. The first-order valence-corrected chi connectivity index (χ1v) is 4.02. The maximum Gasteiger partial charge on any atom is 0.255 e. The molecule has 4 heteroatoms. The number of amides is 1. The van der Waals surface area contributed by atoms with Crippen LogP contribution in [-0.2, 0) is 0 Å². The van der Waals surface area contributed by atoms with Crippen molar-refractivity contribution in [3.05, 3.63) is 29.8 Å². The number of aromatic nitrogens is 1. The van der Waals surface area contributed by atoms with Crippen molar-refractivity contribution in [2.45, 2.75) is 6.92 Å². The Balaban J connectivity index is 2.83. The van der Waals surface area contributed by atoms with E-state index in [9.17, 15) is 9.18 Å². The van der Waals surface area contributed by atoms with Crippen LogP contribution in [0.1, 0.15) is 17.3 Å². The molecule has 0 saturated carbocycles.